The zero-order valence-corrected chi connectivity index (χ0v) is 12.6. The van der Waals surface area contributed by atoms with Crippen molar-refractivity contribution in [2.75, 3.05) is 13.1 Å². The largest absolute Gasteiger partial charge is 0.480 e. The van der Waals surface area contributed by atoms with Crippen LogP contribution in [0, 0.1) is 5.92 Å². The lowest BCUT2D eigenvalue weighted by atomic mass is 9.78. The van der Waals surface area contributed by atoms with Gasteiger partial charge in [-0.3, -0.25) is 9.69 Å². The molecule has 1 aromatic rings. The second-order valence-electron chi connectivity index (χ2n) is 6.62. The number of likely N-dealkylation sites (tertiary alicyclic amines) is 1. The second kappa shape index (κ2) is 6.61. The Morgan fingerprint density at radius 1 is 1.10 bits per heavy atom. The fraction of sp³-hybridized carbons (Fsp3) is 0.611. The van der Waals surface area contributed by atoms with Crippen molar-refractivity contribution in [3.63, 3.8) is 0 Å². The maximum Gasteiger partial charge on any atom is 0.320 e. The summed E-state index contributed by atoms with van der Waals surface area (Å²) in [5.41, 5.74) is 1.47. The number of carboxylic acid groups (broad SMARTS) is 1. The third-order valence-electron chi connectivity index (χ3n) is 5.26. The molecule has 0 bridgehead atoms. The van der Waals surface area contributed by atoms with Crippen LogP contribution >= 0.6 is 0 Å². The normalized spacial score (nSPS) is 30.4. The van der Waals surface area contributed by atoms with E-state index in [1.807, 2.05) is 0 Å². The lowest BCUT2D eigenvalue weighted by molar-refractivity contribution is -0.142. The van der Waals surface area contributed by atoms with Crippen molar-refractivity contribution in [2.45, 2.75) is 50.5 Å². The summed E-state index contributed by atoms with van der Waals surface area (Å²) in [7, 11) is 0. The Labute approximate surface area is 127 Å². The fourth-order valence-electron chi connectivity index (χ4n) is 4.06. The van der Waals surface area contributed by atoms with E-state index in [1.165, 1.54) is 31.2 Å². The predicted molar refractivity (Wildman–Crippen MR) is 83.4 cm³/mol. The summed E-state index contributed by atoms with van der Waals surface area (Å²) in [5.74, 6) is 0.756. The van der Waals surface area contributed by atoms with E-state index < -0.39 is 5.97 Å². The van der Waals surface area contributed by atoms with Crippen LogP contribution < -0.4 is 0 Å². The van der Waals surface area contributed by atoms with Crippen molar-refractivity contribution in [2.24, 2.45) is 5.92 Å². The minimum absolute atomic E-state index is 0.225. The number of nitrogens with zero attached hydrogens (tertiary/aromatic N) is 1. The highest BCUT2D eigenvalue weighted by Gasteiger charge is 2.33. The molecule has 0 spiro atoms. The van der Waals surface area contributed by atoms with E-state index in [9.17, 15) is 9.90 Å². The van der Waals surface area contributed by atoms with Crippen molar-refractivity contribution in [1.82, 2.24) is 4.90 Å². The minimum Gasteiger partial charge on any atom is -0.480 e. The number of carboxylic acids is 1. The van der Waals surface area contributed by atoms with Crippen LogP contribution in [-0.4, -0.2) is 35.1 Å². The van der Waals surface area contributed by atoms with Crippen molar-refractivity contribution < 1.29 is 9.90 Å². The highest BCUT2D eigenvalue weighted by atomic mass is 16.4. The molecule has 1 saturated carbocycles. The average Bonchev–Trinajstić information content (AvgIpc) is 2.97. The van der Waals surface area contributed by atoms with Gasteiger partial charge in [0.25, 0.3) is 0 Å². The molecule has 1 aromatic carbocycles. The molecular weight excluding hydrogens is 262 g/mol. The molecule has 114 valence electrons. The van der Waals surface area contributed by atoms with Gasteiger partial charge in [0.05, 0.1) is 0 Å². The van der Waals surface area contributed by atoms with Crippen molar-refractivity contribution in [3.8, 4) is 0 Å². The van der Waals surface area contributed by atoms with Gasteiger partial charge in [-0.05, 0) is 62.5 Å². The van der Waals surface area contributed by atoms with Crippen LogP contribution in [-0.2, 0) is 4.79 Å². The topological polar surface area (TPSA) is 40.5 Å². The molecule has 3 rings (SSSR count). The standard InChI is InChI=1S/C18H25NO2/c20-18(21)17-7-4-12-19(17)13-14-8-10-16(11-9-14)15-5-2-1-3-6-15/h1-3,5-6,14,16-17H,4,7-13H2,(H,20,21)/t14?,16?,17-/m0/s1. The summed E-state index contributed by atoms with van der Waals surface area (Å²) in [5, 5.41) is 9.26. The molecule has 1 aliphatic carbocycles. The summed E-state index contributed by atoms with van der Waals surface area (Å²) >= 11 is 0. The van der Waals surface area contributed by atoms with E-state index in [4.69, 9.17) is 0 Å². The van der Waals surface area contributed by atoms with Crippen LogP contribution in [0.4, 0.5) is 0 Å². The summed E-state index contributed by atoms with van der Waals surface area (Å²) < 4.78 is 0. The van der Waals surface area contributed by atoms with Crippen molar-refractivity contribution in [1.29, 1.82) is 0 Å². The molecule has 0 amide bonds. The highest BCUT2D eigenvalue weighted by molar-refractivity contribution is 5.73. The Morgan fingerprint density at radius 2 is 1.81 bits per heavy atom. The van der Waals surface area contributed by atoms with Crippen LogP contribution in [0.25, 0.3) is 0 Å². The quantitative estimate of drug-likeness (QED) is 0.921. The molecule has 1 aliphatic heterocycles. The Kier molecular flexibility index (Phi) is 4.59. The number of rotatable bonds is 4. The van der Waals surface area contributed by atoms with Gasteiger partial charge in [-0.2, -0.15) is 0 Å². The first-order valence-corrected chi connectivity index (χ1v) is 8.26. The van der Waals surface area contributed by atoms with Gasteiger partial charge >= 0.3 is 5.97 Å². The Balaban J connectivity index is 1.51. The molecule has 0 radical (unpaired) electrons. The molecule has 2 fully saturated rings. The second-order valence-corrected chi connectivity index (χ2v) is 6.62. The third-order valence-corrected chi connectivity index (χ3v) is 5.26. The van der Waals surface area contributed by atoms with Crippen molar-refractivity contribution in [3.05, 3.63) is 35.9 Å². The van der Waals surface area contributed by atoms with Gasteiger partial charge in [-0.15, -0.1) is 0 Å². The van der Waals surface area contributed by atoms with Crippen LogP contribution in [0.1, 0.15) is 50.0 Å². The average molecular weight is 287 g/mol. The first-order valence-electron chi connectivity index (χ1n) is 8.26. The molecule has 0 aromatic heterocycles. The molecule has 1 atom stereocenters. The monoisotopic (exact) mass is 287 g/mol. The van der Waals surface area contributed by atoms with Gasteiger partial charge in [0.15, 0.2) is 0 Å². The summed E-state index contributed by atoms with van der Waals surface area (Å²) in [6.45, 7) is 1.95. The van der Waals surface area contributed by atoms with E-state index in [1.54, 1.807) is 0 Å². The molecule has 3 nitrogen and oxygen atoms in total. The lowest BCUT2D eigenvalue weighted by Gasteiger charge is -2.32. The van der Waals surface area contributed by atoms with E-state index in [0.29, 0.717) is 11.8 Å². The number of benzene rings is 1. The van der Waals surface area contributed by atoms with E-state index in [-0.39, 0.29) is 6.04 Å². The number of carbonyl (C=O) groups is 1. The Morgan fingerprint density at radius 3 is 2.48 bits per heavy atom. The molecule has 21 heavy (non-hydrogen) atoms. The molecule has 3 heteroatoms. The molecule has 1 N–H and O–H groups in total. The van der Waals surface area contributed by atoms with E-state index in [0.717, 1.165) is 25.9 Å². The third kappa shape index (κ3) is 3.46. The number of hydrogen-bond acceptors (Lipinski definition) is 2. The van der Waals surface area contributed by atoms with Crippen LogP contribution in [0.2, 0.25) is 0 Å². The van der Waals surface area contributed by atoms with Crippen LogP contribution in [0.3, 0.4) is 0 Å². The fourth-order valence-corrected chi connectivity index (χ4v) is 4.06. The maximum atomic E-state index is 11.2. The molecule has 1 saturated heterocycles. The van der Waals surface area contributed by atoms with Gasteiger partial charge in [0, 0.05) is 6.54 Å². The van der Waals surface area contributed by atoms with Crippen LogP contribution in [0.5, 0.6) is 0 Å². The lowest BCUT2D eigenvalue weighted by Crippen LogP contribution is -2.39. The predicted octanol–water partition coefficient (Wildman–Crippen LogP) is 3.51. The van der Waals surface area contributed by atoms with Gasteiger partial charge < -0.3 is 5.11 Å². The van der Waals surface area contributed by atoms with E-state index in [2.05, 4.69) is 35.2 Å². The maximum absolute atomic E-state index is 11.2. The minimum atomic E-state index is -0.634. The van der Waals surface area contributed by atoms with Gasteiger partial charge in [-0.25, -0.2) is 0 Å². The van der Waals surface area contributed by atoms with Crippen molar-refractivity contribution >= 4 is 5.97 Å². The zero-order chi connectivity index (χ0) is 14.7. The smallest absolute Gasteiger partial charge is 0.320 e. The summed E-state index contributed by atoms with van der Waals surface area (Å²) in [4.78, 5) is 13.5. The summed E-state index contributed by atoms with van der Waals surface area (Å²) in [6.07, 6.45) is 6.84. The molecular formula is C18H25NO2. The SMILES string of the molecule is O=C(O)[C@@H]1CCCN1CC1CCC(c2ccccc2)CC1. The zero-order valence-electron chi connectivity index (χ0n) is 12.6. The van der Waals surface area contributed by atoms with Gasteiger partial charge in [-0.1, -0.05) is 30.3 Å². The molecule has 2 aliphatic rings. The first-order chi connectivity index (χ1) is 10.2. The first kappa shape index (κ1) is 14.6. The van der Waals surface area contributed by atoms with Gasteiger partial charge in [0.2, 0.25) is 0 Å². The highest BCUT2D eigenvalue weighted by Crippen LogP contribution is 2.36. The van der Waals surface area contributed by atoms with E-state index >= 15 is 0 Å². The Bertz CT molecular complexity index is 465. The summed E-state index contributed by atoms with van der Waals surface area (Å²) in [6, 6.07) is 10.6. The van der Waals surface area contributed by atoms with Gasteiger partial charge in [0.1, 0.15) is 6.04 Å². The molecule has 1 heterocycles. The Hall–Kier alpha value is -1.35. The number of hydrogen-bond donors (Lipinski definition) is 1. The molecule has 0 unspecified atom stereocenters. The van der Waals surface area contributed by atoms with Crippen LogP contribution in [0.15, 0.2) is 30.3 Å². The number of aliphatic carboxylic acids is 1.